The maximum atomic E-state index is 13.7. The van der Waals surface area contributed by atoms with Crippen LogP contribution in [-0.4, -0.2) is 10.8 Å². The molecule has 0 amide bonds. The third-order valence-corrected chi connectivity index (χ3v) is 3.20. The van der Waals surface area contributed by atoms with Gasteiger partial charge in [-0.2, -0.15) is 0 Å². The molecule has 0 spiro atoms. The standard InChI is InChI=1S/C18H19FN4/c1-12-4-5-16(11-17(12)19)23-18(22-14(3)20)10-13(2)15-6-8-21-9-7-15/h4-11H,3,20H2,1-2H3,(H,22,23)/b13-10+. The van der Waals surface area contributed by atoms with E-state index in [4.69, 9.17) is 5.73 Å². The van der Waals surface area contributed by atoms with Crippen molar-refractivity contribution in [2.45, 2.75) is 13.8 Å². The molecule has 5 heteroatoms. The van der Waals surface area contributed by atoms with Crippen LogP contribution in [0.1, 0.15) is 18.1 Å². The van der Waals surface area contributed by atoms with E-state index in [2.05, 4.69) is 21.9 Å². The van der Waals surface area contributed by atoms with Crippen molar-refractivity contribution in [1.82, 2.24) is 4.98 Å². The zero-order chi connectivity index (χ0) is 16.8. The van der Waals surface area contributed by atoms with Crippen molar-refractivity contribution < 1.29 is 4.39 Å². The Morgan fingerprint density at radius 2 is 2.00 bits per heavy atom. The first-order valence-electron chi connectivity index (χ1n) is 7.10. The molecular weight excluding hydrogens is 291 g/mol. The summed E-state index contributed by atoms with van der Waals surface area (Å²) < 4.78 is 13.7. The minimum Gasteiger partial charge on any atom is -0.384 e. The first kappa shape index (κ1) is 16.4. The smallest absolute Gasteiger partial charge is 0.133 e. The Hall–Kier alpha value is -2.95. The van der Waals surface area contributed by atoms with E-state index in [1.54, 1.807) is 31.5 Å². The number of hydrogen-bond acceptors (Lipinski definition) is 3. The molecule has 0 aliphatic heterocycles. The second-order valence-electron chi connectivity index (χ2n) is 5.14. The number of allylic oxidation sites excluding steroid dienone is 1. The number of halogens is 1. The maximum Gasteiger partial charge on any atom is 0.133 e. The number of pyridine rings is 1. The van der Waals surface area contributed by atoms with Crippen LogP contribution in [0, 0.1) is 12.7 Å². The van der Waals surface area contributed by atoms with Gasteiger partial charge in [0.25, 0.3) is 0 Å². The number of rotatable bonds is 4. The molecule has 0 aliphatic carbocycles. The average molecular weight is 310 g/mol. The summed E-state index contributed by atoms with van der Waals surface area (Å²) in [4.78, 5) is 8.16. The summed E-state index contributed by atoms with van der Waals surface area (Å²) in [5.41, 5.74) is 8.73. The highest BCUT2D eigenvalue weighted by molar-refractivity contribution is 6.08. The third-order valence-electron chi connectivity index (χ3n) is 3.20. The van der Waals surface area contributed by atoms with Crippen LogP contribution in [0.25, 0.3) is 5.57 Å². The lowest BCUT2D eigenvalue weighted by atomic mass is 10.1. The maximum absolute atomic E-state index is 13.7. The molecule has 0 unspecified atom stereocenters. The van der Waals surface area contributed by atoms with Crippen LogP contribution in [0.15, 0.2) is 66.2 Å². The Labute approximate surface area is 135 Å². The molecule has 0 saturated carbocycles. The number of aliphatic imine (C=N–C) groups is 1. The normalized spacial score (nSPS) is 12.1. The second kappa shape index (κ2) is 7.35. The minimum atomic E-state index is -0.282. The molecule has 1 heterocycles. The Bertz CT molecular complexity index is 764. The van der Waals surface area contributed by atoms with Crippen molar-refractivity contribution in [2.24, 2.45) is 10.7 Å². The highest BCUT2D eigenvalue weighted by atomic mass is 19.1. The van der Waals surface area contributed by atoms with Crippen LogP contribution in [-0.2, 0) is 0 Å². The minimum absolute atomic E-state index is 0.166. The van der Waals surface area contributed by atoms with Gasteiger partial charge in [-0.15, -0.1) is 0 Å². The van der Waals surface area contributed by atoms with Crippen LogP contribution in [0.4, 0.5) is 10.1 Å². The van der Waals surface area contributed by atoms with Gasteiger partial charge in [0.1, 0.15) is 17.5 Å². The molecule has 2 rings (SSSR count). The third kappa shape index (κ3) is 4.78. The Morgan fingerprint density at radius 3 is 2.61 bits per heavy atom. The zero-order valence-electron chi connectivity index (χ0n) is 13.2. The number of nitrogens with zero attached hydrogens (tertiary/aromatic N) is 2. The fourth-order valence-corrected chi connectivity index (χ4v) is 1.97. The Kier molecular flexibility index (Phi) is 5.25. The summed E-state index contributed by atoms with van der Waals surface area (Å²) in [7, 11) is 0. The van der Waals surface area contributed by atoms with E-state index in [1.165, 1.54) is 6.07 Å². The van der Waals surface area contributed by atoms with Crippen molar-refractivity contribution in [3.05, 3.63) is 78.1 Å². The van der Waals surface area contributed by atoms with Crippen LogP contribution in [0.2, 0.25) is 0 Å². The van der Waals surface area contributed by atoms with Gasteiger partial charge in [-0.05, 0) is 60.9 Å². The van der Waals surface area contributed by atoms with Gasteiger partial charge in [0.2, 0.25) is 0 Å². The van der Waals surface area contributed by atoms with E-state index in [1.807, 2.05) is 25.1 Å². The van der Waals surface area contributed by atoms with Crippen molar-refractivity contribution in [3.8, 4) is 0 Å². The van der Waals surface area contributed by atoms with Crippen LogP contribution < -0.4 is 11.1 Å². The summed E-state index contributed by atoms with van der Waals surface area (Å²) in [5.74, 6) is 0.365. The van der Waals surface area contributed by atoms with Gasteiger partial charge < -0.3 is 11.1 Å². The molecule has 0 saturated heterocycles. The van der Waals surface area contributed by atoms with Gasteiger partial charge in [-0.25, -0.2) is 9.38 Å². The molecule has 4 nitrogen and oxygen atoms in total. The quantitative estimate of drug-likeness (QED) is 0.665. The van der Waals surface area contributed by atoms with Crippen LogP contribution in [0.5, 0.6) is 0 Å². The molecule has 0 bridgehead atoms. The largest absolute Gasteiger partial charge is 0.384 e. The first-order chi connectivity index (χ1) is 11.0. The molecule has 0 atom stereocenters. The highest BCUT2D eigenvalue weighted by Gasteiger charge is 2.04. The van der Waals surface area contributed by atoms with Gasteiger partial charge in [0.15, 0.2) is 0 Å². The molecule has 23 heavy (non-hydrogen) atoms. The van der Waals surface area contributed by atoms with Crippen molar-refractivity contribution >= 4 is 17.1 Å². The summed E-state index contributed by atoms with van der Waals surface area (Å²) in [6.45, 7) is 7.24. The lowest BCUT2D eigenvalue weighted by molar-refractivity contribution is 0.619. The van der Waals surface area contributed by atoms with Gasteiger partial charge >= 0.3 is 0 Å². The van der Waals surface area contributed by atoms with Gasteiger partial charge in [0.05, 0.1) is 0 Å². The van der Waals surface area contributed by atoms with Crippen LogP contribution >= 0.6 is 0 Å². The molecule has 0 aliphatic rings. The van der Waals surface area contributed by atoms with Crippen LogP contribution in [0.3, 0.4) is 0 Å². The predicted molar refractivity (Wildman–Crippen MR) is 93.4 cm³/mol. The van der Waals surface area contributed by atoms with E-state index >= 15 is 0 Å². The molecule has 118 valence electrons. The number of nitrogens with two attached hydrogens (primary N) is 1. The number of anilines is 1. The van der Waals surface area contributed by atoms with Gasteiger partial charge in [-0.3, -0.25) is 4.98 Å². The SMILES string of the molecule is C=C(N)/N=C(\C=C(/C)c1ccncc1)Nc1ccc(C)c(F)c1. The highest BCUT2D eigenvalue weighted by Crippen LogP contribution is 2.16. The van der Waals surface area contributed by atoms with E-state index in [-0.39, 0.29) is 11.6 Å². The lowest BCUT2D eigenvalue weighted by Crippen LogP contribution is -2.12. The van der Waals surface area contributed by atoms with E-state index in [0.717, 1.165) is 11.1 Å². The molecule has 2 aromatic rings. The molecule has 1 aromatic heterocycles. The monoisotopic (exact) mass is 310 g/mol. The summed E-state index contributed by atoms with van der Waals surface area (Å²) in [6.07, 6.45) is 5.26. The Morgan fingerprint density at radius 1 is 1.30 bits per heavy atom. The van der Waals surface area contributed by atoms with Crippen molar-refractivity contribution in [3.63, 3.8) is 0 Å². The number of aryl methyl sites for hydroxylation is 1. The predicted octanol–water partition coefficient (Wildman–Crippen LogP) is 3.87. The topological polar surface area (TPSA) is 63.3 Å². The number of nitrogens with one attached hydrogen (secondary N) is 1. The van der Waals surface area contributed by atoms with Crippen molar-refractivity contribution in [2.75, 3.05) is 5.32 Å². The molecular formula is C18H19FN4. The number of benzene rings is 1. The zero-order valence-corrected chi connectivity index (χ0v) is 13.2. The van der Waals surface area contributed by atoms with Crippen molar-refractivity contribution in [1.29, 1.82) is 0 Å². The lowest BCUT2D eigenvalue weighted by Gasteiger charge is -2.09. The Balaban J connectivity index is 2.31. The molecule has 0 radical (unpaired) electrons. The fourth-order valence-electron chi connectivity index (χ4n) is 1.97. The first-order valence-corrected chi connectivity index (χ1v) is 7.10. The molecule has 1 aromatic carbocycles. The summed E-state index contributed by atoms with van der Waals surface area (Å²) in [5, 5.41) is 3.06. The van der Waals surface area contributed by atoms with E-state index in [9.17, 15) is 4.39 Å². The molecule has 0 fully saturated rings. The second-order valence-corrected chi connectivity index (χ2v) is 5.14. The fraction of sp³-hybridized carbons (Fsp3) is 0.111. The number of amidine groups is 1. The summed E-state index contributed by atoms with van der Waals surface area (Å²) in [6, 6.07) is 8.69. The summed E-state index contributed by atoms with van der Waals surface area (Å²) >= 11 is 0. The van der Waals surface area contributed by atoms with Gasteiger partial charge in [-0.1, -0.05) is 12.6 Å². The average Bonchev–Trinajstić information content (AvgIpc) is 2.51. The molecule has 3 N–H and O–H groups in total. The van der Waals surface area contributed by atoms with Gasteiger partial charge in [0, 0.05) is 18.1 Å². The van der Waals surface area contributed by atoms with E-state index in [0.29, 0.717) is 17.1 Å². The number of hydrogen-bond donors (Lipinski definition) is 2. The van der Waals surface area contributed by atoms with E-state index < -0.39 is 0 Å². The number of aromatic nitrogens is 1.